The van der Waals surface area contributed by atoms with Gasteiger partial charge in [-0.3, -0.25) is 14.4 Å². The molecule has 1 amide bonds. The van der Waals surface area contributed by atoms with Gasteiger partial charge in [0.1, 0.15) is 24.4 Å². The zero-order chi connectivity index (χ0) is 21.1. The number of nitrogens with zero attached hydrogens (tertiary/aromatic N) is 3. The summed E-state index contributed by atoms with van der Waals surface area (Å²) in [5.74, 6) is -2.31. The van der Waals surface area contributed by atoms with Gasteiger partial charge in [-0.1, -0.05) is 5.21 Å². The van der Waals surface area contributed by atoms with Gasteiger partial charge in [0.15, 0.2) is 5.78 Å². The SMILES string of the molecule is CC(C)(C)OC(=O)C1=CC(C)(C(=O)OCc2cn(CC(N)=O)nn2)CCC1=O. The van der Waals surface area contributed by atoms with Crippen LogP contribution in [-0.2, 0) is 41.8 Å². The predicted octanol–water partition coefficient (Wildman–Crippen LogP) is 0.444. The second-order valence-electron chi connectivity index (χ2n) is 7.85. The van der Waals surface area contributed by atoms with E-state index in [0.717, 1.165) is 0 Å². The number of ketones is 1. The van der Waals surface area contributed by atoms with Gasteiger partial charge in [0.25, 0.3) is 0 Å². The molecule has 0 saturated carbocycles. The van der Waals surface area contributed by atoms with Gasteiger partial charge >= 0.3 is 11.9 Å². The van der Waals surface area contributed by atoms with Crippen LogP contribution in [0.1, 0.15) is 46.2 Å². The summed E-state index contributed by atoms with van der Waals surface area (Å²) in [6.07, 6.45) is 3.00. The molecule has 152 valence electrons. The van der Waals surface area contributed by atoms with Crippen LogP contribution in [0, 0.1) is 5.41 Å². The van der Waals surface area contributed by atoms with Gasteiger partial charge in [0, 0.05) is 6.42 Å². The molecule has 10 nitrogen and oxygen atoms in total. The van der Waals surface area contributed by atoms with E-state index < -0.39 is 28.9 Å². The summed E-state index contributed by atoms with van der Waals surface area (Å²) < 4.78 is 11.7. The molecule has 28 heavy (non-hydrogen) atoms. The molecule has 0 radical (unpaired) electrons. The molecule has 0 aliphatic heterocycles. The van der Waals surface area contributed by atoms with Crippen molar-refractivity contribution in [2.75, 3.05) is 0 Å². The summed E-state index contributed by atoms with van der Waals surface area (Å²) in [7, 11) is 0. The Labute approximate surface area is 162 Å². The first-order chi connectivity index (χ1) is 12.9. The Bertz CT molecular complexity index is 835. The lowest BCUT2D eigenvalue weighted by Crippen LogP contribution is -2.36. The molecule has 0 aromatic carbocycles. The minimum absolute atomic E-state index is 0.0332. The highest BCUT2D eigenvalue weighted by Gasteiger charge is 2.40. The molecule has 1 heterocycles. The minimum atomic E-state index is -1.15. The maximum absolute atomic E-state index is 12.6. The molecular formula is C18H24N4O6. The van der Waals surface area contributed by atoms with Crippen LogP contribution in [0.3, 0.4) is 0 Å². The van der Waals surface area contributed by atoms with Crippen LogP contribution in [0.2, 0.25) is 0 Å². The number of hydrogen-bond acceptors (Lipinski definition) is 8. The lowest BCUT2D eigenvalue weighted by molar-refractivity contribution is -0.155. The summed E-state index contributed by atoms with van der Waals surface area (Å²) in [4.78, 5) is 47.9. The van der Waals surface area contributed by atoms with Crippen LogP contribution < -0.4 is 5.73 Å². The van der Waals surface area contributed by atoms with E-state index in [0.29, 0.717) is 5.69 Å². The number of amides is 1. The Morgan fingerprint density at radius 3 is 2.61 bits per heavy atom. The van der Waals surface area contributed by atoms with Gasteiger partial charge in [-0.2, -0.15) is 0 Å². The van der Waals surface area contributed by atoms with Gasteiger partial charge in [-0.15, -0.1) is 5.10 Å². The van der Waals surface area contributed by atoms with Gasteiger partial charge in [0.2, 0.25) is 5.91 Å². The fourth-order valence-electron chi connectivity index (χ4n) is 2.59. The zero-order valence-corrected chi connectivity index (χ0v) is 16.4. The number of hydrogen-bond donors (Lipinski definition) is 1. The van der Waals surface area contributed by atoms with E-state index in [9.17, 15) is 19.2 Å². The second-order valence-corrected chi connectivity index (χ2v) is 7.85. The molecule has 1 aromatic heterocycles. The predicted molar refractivity (Wildman–Crippen MR) is 95.3 cm³/mol. The Balaban J connectivity index is 2.08. The summed E-state index contributed by atoms with van der Waals surface area (Å²) >= 11 is 0. The highest BCUT2D eigenvalue weighted by Crippen LogP contribution is 2.34. The van der Waals surface area contributed by atoms with E-state index in [1.807, 2.05) is 0 Å². The standard InChI is InChI=1S/C18H24N4O6/c1-17(2,3)28-15(25)12-7-18(4,6-5-13(12)23)16(26)27-10-11-8-22(21-20-11)9-14(19)24/h7-8H,5-6,9-10H2,1-4H3,(H2,19,24). The van der Waals surface area contributed by atoms with Crippen molar-refractivity contribution in [3.8, 4) is 0 Å². The van der Waals surface area contributed by atoms with E-state index in [-0.39, 0.29) is 37.3 Å². The monoisotopic (exact) mass is 392 g/mol. The summed E-state index contributed by atoms with van der Waals surface area (Å²) in [5.41, 5.74) is 3.35. The quantitative estimate of drug-likeness (QED) is 0.543. The van der Waals surface area contributed by atoms with E-state index in [1.54, 1.807) is 27.7 Å². The first-order valence-electron chi connectivity index (χ1n) is 8.73. The summed E-state index contributed by atoms with van der Waals surface area (Å²) in [6.45, 7) is 6.36. The third-order valence-corrected chi connectivity index (χ3v) is 3.97. The highest BCUT2D eigenvalue weighted by molar-refractivity contribution is 6.18. The molecule has 1 unspecified atom stereocenters. The van der Waals surface area contributed by atoms with E-state index in [2.05, 4.69) is 10.3 Å². The van der Waals surface area contributed by atoms with E-state index in [4.69, 9.17) is 15.2 Å². The van der Waals surface area contributed by atoms with Crippen LogP contribution in [0.25, 0.3) is 0 Å². The van der Waals surface area contributed by atoms with Gasteiger partial charge < -0.3 is 15.2 Å². The third kappa shape index (κ3) is 5.48. The normalized spacial score (nSPS) is 19.7. The second kappa shape index (κ2) is 7.91. The Morgan fingerprint density at radius 1 is 1.32 bits per heavy atom. The number of ether oxygens (including phenoxy) is 2. The van der Waals surface area contributed by atoms with Crippen molar-refractivity contribution in [3.05, 3.63) is 23.5 Å². The average molecular weight is 392 g/mol. The van der Waals surface area contributed by atoms with Crippen molar-refractivity contribution in [1.29, 1.82) is 0 Å². The van der Waals surface area contributed by atoms with Crippen molar-refractivity contribution in [2.45, 2.75) is 59.3 Å². The lowest BCUT2D eigenvalue weighted by Gasteiger charge is -2.29. The van der Waals surface area contributed by atoms with Crippen LogP contribution in [0.4, 0.5) is 0 Å². The molecule has 0 spiro atoms. The van der Waals surface area contributed by atoms with E-state index >= 15 is 0 Å². The first kappa shape index (κ1) is 21.3. The highest BCUT2D eigenvalue weighted by atomic mass is 16.6. The zero-order valence-electron chi connectivity index (χ0n) is 16.4. The van der Waals surface area contributed by atoms with Gasteiger partial charge in [-0.05, 0) is 40.2 Å². The molecule has 0 saturated heterocycles. The fraction of sp³-hybridized carbons (Fsp3) is 0.556. The van der Waals surface area contributed by atoms with Crippen molar-refractivity contribution < 1.29 is 28.7 Å². The average Bonchev–Trinajstić information content (AvgIpc) is 3.00. The minimum Gasteiger partial charge on any atom is -0.458 e. The molecule has 1 aliphatic carbocycles. The van der Waals surface area contributed by atoms with Crippen LogP contribution in [0.5, 0.6) is 0 Å². The number of Topliss-reactive ketones (excluding diaryl/α,β-unsaturated/α-hetero) is 1. The molecule has 1 aromatic rings. The van der Waals surface area contributed by atoms with E-state index in [1.165, 1.54) is 17.0 Å². The fourth-order valence-corrected chi connectivity index (χ4v) is 2.59. The lowest BCUT2D eigenvalue weighted by atomic mass is 9.77. The topological polar surface area (TPSA) is 143 Å². The smallest absolute Gasteiger partial charge is 0.341 e. The molecule has 0 bridgehead atoms. The number of carbonyl (C=O) groups excluding carboxylic acids is 4. The molecule has 2 rings (SSSR count). The third-order valence-electron chi connectivity index (χ3n) is 3.97. The Morgan fingerprint density at radius 2 is 2.00 bits per heavy atom. The molecule has 1 atom stereocenters. The van der Waals surface area contributed by atoms with Gasteiger partial charge in [0.05, 0.1) is 17.2 Å². The number of esters is 2. The number of nitrogens with two attached hydrogens (primary N) is 1. The Kier molecular flexibility index (Phi) is 6.01. The van der Waals surface area contributed by atoms with Crippen molar-refractivity contribution in [1.82, 2.24) is 15.0 Å². The molecule has 1 aliphatic rings. The molecule has 10 heteroatoms. The van der Waals surface area contributed by atoms with Crippen molar-refractivity contribution >= 4 is 23.6 Å². The molecule has 0 fully saturated rings. The Hall–Kier alpha value is -3.04. The number of primary amides is 1. The van der Waals surface area contributed by atoms with Crippen LogP contribution >= 0.6 is 0 Å². The van der Waals surface area contributed by atoms with Crippen LogP contribution in [0.15, 0.2) is 17.8 Å². The number of aromatic nitrogens is 3. The maximum atomic E-state index is 12.6. The number of rotatable bonds is 6. The number of carbonyl (C=O) groups is 4. The molecule has 2 N–H and O–H groups in total. The first-order valence-corrected chi connectivity index (χ1v) is 8.73. The maximum Gasteiger partial charge on any atom is 0.341 e. The summed E-state index contributed by atoms with van der Waals surface area (Å²) in [5, 5.41) is 7.49. The van der Waals surface area contributed by atoms with Crippen LogP contribution in [-0.4, -0.2) is 44.2 Å². The van der Waals surface area contributed by atoms with Crippen molar-refractivity contribution in [3.63, 3.8) is 0 Å². The van der Waals surface area contributed by atoms with Gasteiger partial charge in [-0.25, -0.2) is 9.48 Å². The molecular weight excluding hydrogens is 368 g/mol. The summed E-state index contributed by atoms with van der Waals surface area (Å²) in [6, 6.07) is 0. The van der Waals surface area contributed by atoms with Crippen molar-refractivity contribution in [2.24, 2.45) is 11.1 Å². The largest absolute Gasteiger partial charge is 0.458 e.